The summed E-state index contributed by atoms with van der Waals surface area (Å²) in [7, 11) is 1.65. The molecule has 178 valence electrons. The first-order chi connectivity index (χ1) is 16.4. The Labute approximate surface area is 202 Å². The van der Waals surface area contributed by atoms with Gasteiger partial charge in [-0.15, -0.1) is 0 Å². The van der Waals surface area contributed by atoms with Crippen molar-refractivity contribution in [3.8, 4) is 11.5 Å². The molecule has 3 aromatic carbocycles. The summed E-state index contributed by atoms with van der Waals surface area (Å²) in [5, 5.41) is 0. The molecule has 0 atom stereocenters. The standard InChI is InChI=1S/C29H34N2O3/c1-29(2,3)25-12-8-9-13-27(25)34-21-23-20-22(14-15-26(23)33-4)28(32)31-18-16-30(17-19-31)24-10-6-5-7-11-24/h5-15,20H,16-19,21H2,1-4H3. The summed E-state index contributed by atoms with van der Waals surface area (Å²) in [5.74, 6) is 1.62. The molecular formula is C29H34N2O3. The summed E-state index contributed by atoms with van der Waals surface area (Å²) in [5.41, 5.74) is 3.85. The van der Waals surface area contributed by atoms with Crippen LogP contribution < -0.4 is 14.4 Å². The van der Waals surface area contributed by atoms with Crippen molar-refractivity contribution in [2.24, 2.45) is 0 Å². The maximum atomic E-state index is 13.3. The smallest absolute Gasteiger partial charge is 0.253 e. The highest BCUT2D eigenvalue weighted by Gasteiger charge is 2.23. The third-order valence-electron chi connectivity index (χ3n) is 6.29. The van der Waals surface area contributed by atoms with Crippen LogP contribution in [0.5, 0.6) is 11.5 Å². The third-order valence-corrected chi connectivity index (χ3v) is 6.29. The molecule has 5 heteroatoms. The molecule has 5 nitrogen and oxygen atoms in total. The van der Waals surface area contributed by atoms with Gasteiger partial charge in [0.1, 0.15) is 18.1 Å². The average molecular weight is 459 g/mol. The maximum Gasteiger partial charge on any atom is 0.253 e. The van der Waals surface area contributed by atoms with E-state index in [-0.39, 0.29) is 11.3 Å². The fraction of sp³-hybridized carbons (Fsp3) is 0.345. The molecule has 0 bridgehead atoms. The van der Waals surface area contributed by atoms with Gasteiger partial charge in [-0.25, -0.2) is 0 Å². The van der Waals surface area contributed by atoms with Gasteiger partial charge in [0.05, 0.1) is 7.11 Å². The lowest BCUT2D eigenvalue weighted by Crippen LogP contribution is -2.48. The second-order valence-corrected chi connectivity index (χ2v) is 9.68. The molecule has 0 spiro atoms. The highest BCUT2D eigenvalue weighted by Crippen LogP contribution is 2.32. The molecule has 0 aromatic heterocycles. The van der Waals surface area contributed by atoms with Gasteiger partial charge >= 0.3 is 0 Å². The zero-order valence-electron chi connectivity index (χ0n) is 20.6. The first-order valence-corrected chi connectivity index (χ1v) is 11.9. The minimum Gasteiger partial charge on any atom is -0.496 e. The number of carbonyl (C=O) groups is 1. The first-order valence-electron chi connectivity index (χ1n) is 11.9. The van der Waals surface area contributed by atoms with Crippen LogP contribution in [0, 0.1) is 0 Å². The van der Waals surface area contributed by atoms with E-state index in [4.69, 9.17) is 9.47 Å². The highest BCUT2D eigenvalue weighted by atomic mass is 16.5. The van der Waals surface area contributed by atoms with Crippen LogP contribution in [0.1, 0.15) is 42.3 Å². The Kier molecular flexibility index (Phi) is 7.11. The molecular weight excluding hydrogens is 424 g/mol. The summed E-state index contributed by atoms with van der Waals surface area (Å²) in [6.07, 6.45) is 0. The van der Waals surface area contributed by atoms with Crippen LogP contribution in [0.25, 0.3) is 0 Å². The van der Waals surface area contributed by atoms with Crippen molar-refractivity contribution in [3.05, 3.63) is 89.5 Å². The van der Waals surface area contributed by atoms with Crippen molar-refractivity contribution >= 4 is 11.6 Å². The quantitative estimate of drug-likeness (QED) is 0.487. The summed E-state index contributed by atoms with van der Waals surface area (Å²) in [6, 6.07) is 24.1. The average Bonchev–Trinajstić information content (AvgIpc) is 2.87. The molecule has 0 radical (unpaired) electrons. The maximum absolute atomic E-state index is 13.3. The number of ether oxygens (including phenoxy) is 2. The van der Waals surface area contributed by atoms with Gasteiger partial charge in [0, 0.05) is 43.0 Å². The van der Waals surface area contributed by atoms with E-state index in [1.807, 2.05) is 59.5 Å². The number of benzene rings is 3. The molecule has 1 heterocycles. The SMILES string of the molecule is COc1ccc(C(=O)N2CCN(c3ccccc3)CC2)cc1COc1ccccc1C(C)(C)C. The van der Waals surface area contributed by atoms with Crippen molar-refractivity contribution in [1.82, 2.24) is 4.90 Å². The number of nitrogens with zero attached hydrogens (tertiary/aromatic N) is 2. The predicted molar refractivity (Wildman–Crippen MR) is 137 cm³/mol. The van der Waals surface area contributed by atoms with Crippen LogP contribution in [0.4, 0.5) is 5.69 Å². The zero-order valence-corrected chi connectivity index (χ0v) is 20.6. The number of carbonyl (C=O) groups excluding carboxylic acids is 1. The van der Waals surface area contributed by atoms with Gasteiger partial charge in [-0.2, -0.15) is 0 Å². The predicted octanol–water partition coefficient (Wildman–Crippen LogP) is 5.53. The van der Waals surface area contributed by atoms with Crippen molar-refractivity contribution in [2.75, 3.05) is 38.2 Å². The van der Waals surface area contributed by atoms with Crippen LogP contribution in [0.15, 0.2) is 72.8 Å². The van der Waals surface area contributed by atoms with E-state index in [2.05, 4.69) is 43.9 Å². The monoisotopic (exact) mass is 458 g/mol. The number of amides is 1. The Balaban J connectivity index is 1.46. The van der Waals surface area contributed by atoms with Crippen molar-refractivity contribution in [1.29, 1.82) is 0 Å². The molecule has 0 N–H and O–H groups in total. The van der Waals surface area contributed by atoms with Crippen molar-refractivity contribution < 1.29 is 14.3 Å². The van der Waals surface area contributed by atoms with Crippen molar-refractivity contribution in [3.63, 3.8) is 0 Å². The number of hydrogen-bond donors (Lipinski definition) is 0. The minimum absolute atomic E-state index is 0.0274. The molecule has 34 heavy (non-hydrogen) atoms. The number of hydrogen-bond acceptors (Lipinski definition) is 4. The van der Waals surface area contributed by atoms with Crippen LogP contribution >= 0.6 is 0 Å². The molecule has 1 aliphatic heterocycles. The second kappa shape index (κ2) is 10.2. The Morgan fingerprint density at radius 1 is 0.853 bits per heavy atom. The van der Waals surface area contributed by atoms with Gasteiger partial charge in [0.15, 0.2) is 0 Å². The molecule has 3 aromatic rings. The Morgan fingerprint density at radius 2 is 1.53 bits per heavy atom. The number of anilines is 1. The van der Waals surface area contributed by atoms with Crippen LogP contribution in [0.3, 0.4) is 0 Å². The van der Waals surface area contributed by atoms with E-state index >= 15 is 0 Å². The first kappa shape index (κ1) is 23.7. The lowest BCUT2D eigenvalue weighted by molar-refractivity contribution is 0.0746. The Bertz CT molecular complexity index is 1110. The van der Waals surface area contributed by atoms with E-state index < -0.39 is 0 Å². The van der Waals surface area contributed by atoms with Gasteiger partial charge < -0.3 is 19.3 Å². The molecule has 0 aliphatic carbocycles. The number of para-hydroxylation sites is 2. The topological polar surface area (TPSA) is 42.0 Å². The lowest BCUT2D eigenvalue weighted by Gasteiger charge is -2.36. The largest absolute Gasteiger partial charge is 0.496 e. The second-order valence-electron chi connectivity index (χ2n) is 9.68. The summed E-state index contributed by atoms with van der Waals surface area (Å²) in [4.78, 5) is 17.5. The van der Waals surface area contributed by atoms with E-state index in [0.29, 0.717) is 25.3 Å². The number of rotatable bonds is 6. The molecule has 1 fully saturated rings. The minimum atomic E-state index is -0.0274. The van der Waals surface area contributed by atoms with Gasteiger partial charge in [-0.1, -0.05) is 57.2 Å². The molecule has 0 saturated carbocycles. The number of piperazine rings is 1. The van der Waals surface area contributed by atoms with E-state index in [1.165, 1.54) is 5.69 Å². The fourth-order valence-electron chi connectivity index (χ4n) is 4.38. The summed E-state index contributed by atoms with van der Waals surface area (Å²) >= 11 is 0. The van der Waals surface area contributed by atoms with Crippen LogP contribution in [-0.4, -0.2) is 44.1 Å². The van der Waals surface area contributed by atoms with E-state index in [9.17, 15) is 4.79 Å². The van der Waals surface area contributed by atoms with Crippen LogP contribution in [-0.2, 0) is 12.0 Å². The Hall–Kier alpha value is -3.47. The molecule has 1 saturated heterocycles. The van der Waals surface area contributed by atoms with E-state index in [1.54, 1.807) is 7.11 Å². The zero-order chi connectivity index (χ0) is 24.1. The summed E-state index contributed by atoms with van der Waals surface area (Å²) < 4.78 is 11.8. The fourth-order valence-corrected chi connectivity index (χ4v) is 4.38. The van der Waals surface area contributed by atoms with Crippen molar-refractivity contribution in [2.45, 2.75) is 32.8 Å². The van der Waals surface area contributed by atoms with Gasteiger partial charge in [-0.05, 0) is 47.4 Å². The molecule has 4 rings (SSSR count). The van der Waals surface area contributed by atoms with E-state index in [0.717, 1.165) is 35.7 Å². The molecule has 1 amide bonds. The van der Waals surface area contributed by atoms with Gasteiger partial charge in [0.25, 0.3) is 5.91 Å². The third kappa shape index (κ3) is 5.36. The normalized spacial score (nSPS) is 14.1. The Morgan fingerprint density at radius 3 is 2.21 bits per heavy atom. The van der Waals surface area contributed by atoms with Gasteiger partial charge in [0.2, 0.25) is 0 Å². The number of methoxy groups -OCH3 is 1. The summed E-state index contributed by atoms with van der Waals surface area (Å²) in [6.45, 7) is 9.90. The molecule has 1 aliphatic rings. The highest BCUT2D eigenvalue weighted by molar-refractivity contribution is 5.94. The van der Waals surface area contributed by atoms with Gasteiger partial charge in [-0.3, -0.25) is 4.79 Å². The lowest BCUT2D eigenvalue weighted by atomic mass is 9.86. The van der Waals surface area contributed by atoms with Crippen LogP contribution in [0.2, 0.25) is 0 Å². The molecule has 0 unspecified atom stereocenters.